The van der Waals surface area contributed by atoms with Gasteiger partial charge in [-0.2, -0.15) is 0 Å². The number of ether oxygens (including phenoxy) is 1. The SMILES string of the molecule is COC1(CC(=O)Cc2ccc(F)cc2Cl)CCC1. The Morgan fingerprint density at radius 3 is 2.72 bits per heavy atom. The van der Waals surface area contributed by atoms with Crippen molar-refractivity contribution in [2.45, 2.75) is 37.7 Å². The van der Waals surface area contributed by atoms with E-state index in [1.165, 1.54) is 12.1 Å². The third kappa shape index (κ3) is 2.90. The minimum atomic E-state index is -0.386. The molecule has 1 aliphatic carbocycles. The van der Waals surface area contributed by atoms with Gasteiger partial charge in [-0.3, -0.25) is 4.79 Å². The number of ketones is 1. The van der Waals surface area contributed by atoms with E-state index in [2.05, 4.69) is 0 Å². The zero-order chi connectivity index (χ0) is 13.2. The number of benzene rings is 1. The van der Waals surface area contributed by atoms with Gasteiger partial charge in [0.25, 0.3) is 0 Å². The Labute approximate surface area is 111 Å². The second-order valence-electron chi connectivity index (χ2n) is 4.87. The van der Waals surface area contributed by atoms with Crippen LogP contribution in [0.5, 0.6) is 0 Å². The summed E-state index contributed by atoms with van der Waals surface area (Å²) in [5.74, 6) is -0.298. The molecule has 2 nitrogen and oxygen atoms in total. The van der Waals surface area contributed by atoms with Gasteiger partial charge in [-0.25, -0.2) is 4.39 Å². The monoisotopic (exact) mass is 270 g/mol. The number of Topliss-reactive ketones (excluding diaryl/α,β-unsaturated/α-hetero) is 1. The predicted octanol–water partition coefficient (Wildman–Crippen LogP) is 3.55. The summed E-state index contributed by atoms with van der Waals surface area (Å²) in [5.41, 5.74) is 0.414. The standard InChI is InChI=1S/C14H16ClFO2/c1-18-14(5-2-6-14)9-12(17)7-10-3-4-11(16)8-13(10)15/h3-4,8H,2,5-7,9H2,1H3. The molecule has 0 unspecified atom stereocenters. The molecule has 2 rings (SSSR count). The number of hydrogen-bond acceptors (Lipinski definition) is 2. The van der Waals surface area contributed by atoms with E-state index in [1.807, 2.05) is 0 Å². The average Bonchev–Trinajstić information content (AvgIpc) is 2.27. The first-order chi connectivity index (χ1) is 8.54. The molecule has 0 aliphatic heterocycles. The molecule has 1 saturated carbocycles. The molecule has 0 heterocycles. The van der Waals surface area contributed by atoms with E-state index in [4.69, 9.17) is 16.3 Å². The molecule has 98 valence electrons. The Kier molecular flexibility index (Phi) is 4.03. The summed E-state index contributed by atoms with van der Waals surface area (Å²) in [7, 11) is 1.65. The highest BCUT2D eigenvalue weighted by atomic mass is 35.5. The van der Waals surface area contributed by atoms with Crippen molar-refractivity contribution in [1.82, 2.24) is 0 Å². The summed E-state index contributed by atoms with van der Waals surface area (Å²) in [5, 5.41) is 0.309. The topological polar surface area (TPSA) is 26.3 Å². The van der Waals surface area contributed by atoms with Gasteiger partial charge >= 0.3 is 0 Å². The van der Waals surface area contributed by atoms with Crippen LogP contribution < -0.4 is 0 Å². The fraction of sp³-hybridized carbons (Fsp3) is 0.500. The lowest BCUT2D eigenvalue weighted by molar-refractivity contribution is -0.131. The molecule has 0 bridgehead atoms. The number of carbonyl (C=O) groups excluding carboxylic acids is 1. The number of rotatable bonds is 5. The fourth-order valence-corrected chi connectivity index (χ4v) is 2.56. The van der Waals surface area contributed by atoms with Gasteiger partial charge in [-0.1, -0.05) is 17.7 Å². The van der Waals surface area contributed by atoms with E-state index in [0.717, 1.165) is 19.3 Å². The molecule has 0 radical (unpaired) electrons. The molecule has 1 fully saturated rings. The Bertz CT molecular complexity index is 450. The molecule has 0 spiro atoms. The van der Waals surface area contributed by atoms with Crippen LogP contribution in [0.2, 0.25) is 5.02 Å². The highest BCUT2D eigenvalue weighted by Gasteiger charge is 2.38. The maximum absolute atomic E-state index is 12.9. The van der Waals surface area contributed by atoms with Crippen molar-refractivity contribution in [1.29, 1.82) is 0 Å². The average molecular weight is 271 g/mol. The van der Waals surface area contributed by atoms with Crippen molar-refractivity contribution in [3.63, 3.8) is 0 Å². The summed E-state index contributed by atoms with van der Waals surface area (Å²) in [6, 6.07) is 4.12. The molecule has 0 N–H and O–H groups in total. The van der Waals surface area contributed by atoms with Crippen molar-refractivity contribution in [2.24, 2.45) is 0 Å². The van der Waals surface area contributed by atoms with Crippen LogP contribution in [0.15, 0.2) is 18.2 Å². The van der Waals surface area contributed by atoms with Crippen LogP contribution in [0.25, 0.3) is 0 Å². The maximum atomic E-state index is 12.9. The third-order valence-corrected chi connectivity index (χ3v) is 3.97. The lowest BCUT2D eigenvalue weighted by atomic mass is 9.76. The van der Waals surface area contributed by atoms with Crippen LogP contribution in [0, 0.1) is 5.82 Å². The van der Waals surface area contributed by atoms with Gasteiger partial charge in [0.15, 0.2) is 0 Å². The molecule has 1 aliphatic rings. The third-order valence-electron chi connectivity index (χ3n) is 3.62. The smallest absolute Gasteiger partial charge is 0.140 e. The molecule has 18 heavy (non-hydrogen) atoms. The Hall–Kier alpha value is -0.930. The van der Waals surface area contributed by atoms with Gasteiger partial charge in [0.1, 0.15) is 11.6 Å². The van der Waals surface area contributed by atoms with Crippen LogP contribution in [-0.4, -0.2) is 18.5 Å². The molecule has 1 aromatic carbocycles. The molecule has 0 aromatic heterocycles. The van der Waals surface area contributed by atoms with Crippen molar-refractivity contribution >= 4 is 17.4 Å². The zero-order valence-corrected chi connectivity index (χ0v) is 11.1. The predicted molar refractivity (Wildman–Crippen MR) is 68.3 cm³/mol. The van der Waals surface area contributed by atoms with Gasteiger partial charge in [-0.15, -0.1) is 0 Å². The van der Waals surface area contributed by atoms with E-state index >= 15 is 0 Å². The van der Waals surface area contributed by atoms with Gasteiger partial charge in [0.2, 0.25) is 0 Å². The number of halogens is 2. The molecular formula is C14H16ClFO2. The maximum Gasteiger partial charge on any atom is 0.140 e. The first kappa shape index (κ1) is 13.5. The van der Waals surface area contributed by atoms with E-state index in [1.54, 1.807) is 13.2 Å². The molecule has 1 aromatic rings. The van der Waals surface area contributed by atoms with Crippen LogP contribution >= 0.6 is 11.6 Å². The summed E-state index contributed by atoms with van der Waals surface area (Å²) in [4.78, 5) is 12.0. The van der Waals surface area contributed by atoms with Crippen LogP contribution in [0.4, 0.5) is 4.39 Å². The number of methoxy groups -OCH3 is 1. The number of hydrogen-bond donors (Lipinski definition) is 0. The Morgan fingerprint density at radius 1 is 1.50 bits per heavy atom. The van der Waals surface area contributed by atoms with E-state index < -0.39 is 0 Å². The number of carbonyl (C=O) groups is 1. The second kappa shape index (κ2) is 5.37. The van der Waals surface area contributed by atoms with Crippen LogP contribution in [-0.2, 0) is 16.0 Å². The largest absolute Gasteiger partial charge is 0.378 e. The van der Waals surface area contributed by atoms with Crippen molar-refractivity contribution < 1.29 is 13.9 Å². The van der Waals surface area contributed by atoms with Crippen molar-refractivity contribution in [2.75, 3.05) is 7.11 Å². The zero-order valence-electron chi connectivity index (χ0n) is 10.3. The van der Waals surface area contributed by atoms with Crippen LogP contribution in [0.3, 0.4) is 0 Å². The lowest BCUT2D eigenvalue weighted by Crippen LogP contribution is -2.41. The molecular weight excluding hydrogens is 255 g/mol. The van der Waals surface area contributed by atoms with Gasteiger partial charge < -0.3 is 4.74 Å². The van der Waals surface area contributed by atoms with E-state index in [0.29, 0.717) is 17.0 Å². The molecule has 4 heteroatoms. The first-order valence-corrected chi connectivity index (χ1v) is 6.43. The Balaban J connectivity index is 1.98. The highest BCUT2D eigenvalue weighted by molar-refractivity contribution is 6.31. The van der Waals surface area contributed by atoms with Gasteiger partial charge in [0, 0.05) is 25.0 Å². The molecule has 0 amide bonds. The lowest BCUT2D eigenvalue weighted by Gasteiger charge is -2.40. The second-order valence-corrected chi connectivity index (χ2v) is 5.28. The van der Waals surface area contributed by atoms with Gasteiger partial charge in [0.05, 0.1) is 5.60 Å². The Morgan fingerprint density at radius 2 is 2.22 bits per heavy atom. The fourth-order valence-electron chi connectivity index (χ4n) is 2.32. The summed E-state index contributed by atoms with van der Waals surface area (Å²) in [6.45, 7) is 0. The van der Waals surface area contributed by atoms with E-state index in [9.17, 15) is 9.18 Å². The minimum absolute atomic E-state index is 0.0880. The van der Waals surface area contributed by atoms with Crippen molar-refractivity contribution in [3.8, 4) is 0 Å². The normalized spacial score (nSPS) is 17.3. The minimum Gasteiger partial charge on any atom is -0.378 e. The summed E-state index contributed by atoms with van der Waals surface area (Å²) < 4.78 is 18.3. The highest BCUT2D eigenvalue weighted by Crippen LogP contribution is 2.38. The van der Waals surface area contributed by atoms with E-state index in [-0.39, 0.29) is 23.6 Å². The summed E-state index contributed by atoms with van der Waals surface area (Å²) >= 11 is 5.90. The summed E-state index contributed by atoms with van der Waals surface area (Å²) in [6.07, 6.45) is 3.64. The van der Waals surface area contributed by atoms with Crippen molar-refractivity contribution in [3.05, 3.63) is 34.6 Å². The molecule has 0 saturated heterocycles. The first-order valence-electron chi connectivity index (χ1n) is 6.05. The van der Waals surface area contributed by atoms with Crippen LogP contribution in [0.1, 0.15) is 31.2 Å². The molecule has 0 atom stereocenters. The quantitative estimate of drug-likeness (QED) is 0.818. The van der Waals surface area contributed by atoms with Gasteiger partial charge in [-0.05, 0) is 37.0 Å².